The standard InChI is InChI=1S/C22H32N2O12S/c1-22(21(30)31)11-37-19(24-22)15-13(26)8-12(9-23-15)34-6-4-32-2-3-33-5-7-35-20-18(29)17(28)16(27)14(10-25)36-20/h8-9,14,16-18,20,25-29H,2-7,10-11H2,1H3,(H,30,31)/t14?,16-,17+,18?,20-,22+/m0/s1. The van der Waals surface area contributed by atoms with Crippen LogP contribution in [-0.4, -0.2) is 135 Å². The largest absolute Gasteiger partial charge is 0.505 e. The third-order valence-electron chi connectivity index (χ3n) is 5.57. The number of thioether (sulfide) groups is 1. The van der Waals surface area contributed by atoms with Crippen molar-refractivity contribution in [3.63, 3.8) is 0 Å². The van der Waals surface area contributed by atoms with Crippen LogP contribution in [0, 0.1) is 0 Å². The summed E-state index contributed by atoms with van der Waals surface area (Å²) in [5.41, 5.74) is -1.05. The van der Waals surface area contributed by atoms with Gasteiger partial charge in [0.15, 0.2) is 11.8 Å². The number of nitrogens with zero attached hydrogens (tertiary/aromatic N) is 2. The first-order valence-electron chi connectivity index (χ1n) is 11.5. The molecule has 2 unspecified atom stereocenters. The van der Waals surface area contributed by atoms with E-state index in [-0.39, 0.29) is 56.8 Å². The Balaban J connectivity index is 1.26. The normalized spacial score (nSPS) is 29.8. The zero-order valence-electron chi connectivity index (χ0n) is 20.1. The van der Waals surface area contributed by atoms with E-state index in [0.717, 1.165) is 0 Å². The van der Waals surface area contributed by atoms with Gasteiger partial charge in [0.05, 0.1) is 45.8 Å². The van der Waals surface area contributed by atoms with Gasteiger partial charge in [-0.05, 0) is 6.92 Å². The molecule has 0 radical (unpaired) electrons. The fourth-order valence-electron chi connectivity index (χ4n) is 3.38. The van der Waals surface area contributed by atoms with E-state index in [1.807, 2.05) is 0 Å². The number of ether oxygens (including phenoxy) is 5. The van der Waals surface area contributed by atoms with Gasteiger partial charge in [-0.3, -0.25) is 4.99 Å². The van der Waals surface area contributed by atoms with Gasteiger partial charge in [0.2, 0.25) is 0 Å². The van der Waals surface area contributed by atoms with Crippen molar-refractivity contribution >= 4 is 22.8 Å². The van der Waals surface area contributed by atoms with Crippen molar-refractivity contribution in [1.29, 1.82) is 0 Å². The van der Waals surface area contributed by atoms with Crippen molar-refractivity contribution in [2.45, 2.75) is 43.2 Å². The second-order valence-corrected chi connectivity index (χ2v) is 9.43. The fourth-order valence-corrected chi connectivity index (χ4v) is 4.54. The van der Waals surface area contributed by atoms with Gasteiger partial charge in [0.1, 0.15) is 53.3 Å². The number of aromatic nitrogens is 1. The Kier molecular flexibility index (Phi) is 10.9. The van der Waals surface area contributed by atoms with Crippen molar-refractivity contribution in [3.8, 4) is 11.5 Å². The predicted molar refractivity (Wildman–Crippen MR) is 128 cm³/mol. The zero-order chi connectivity index (χ0) is 27.0. The molecule has 2 aliphatic heterocycles. The van der Waals surface area contributed by atoms with E-state index in [0.29, 0.717) is 10.8 Å². The summed E-state index contributed by atoms with van der Waals surface area (Å²) >= 11 is 1.21. The summed E-state index contributed by atoms with van der Waals surface area (Å²) in [7, 11) is 0. The number of rotatable bonds is 14. The molecule has 6 atom stereocenters. The number of carboxylic acid groups (broad SMARTS) is 1. The number of aliphatic carboxylic acids is 1. The van der Waals surface area contributed by atoms with E-state index in [2.05, 4.69) is 9.98 Å². The van der Waals surface area contributed by atoms with Crippen LogP contribution in [0.4, 0.5) is 0 Å². The molecule has 1 fully saturated rings. The van der Waals surface area contributed by atoms with Gasteiger partial charge in [-0.25, -0.2) is 9.78 Å². The molecule has 3 heterocycles. The molecule has 1 saturated heterocycles. The highest BCUT2D eigenvalue weighted by Gasteiger charge is 2.44. The van der Waals surface area contributed by atoms with Crippen LogP contribution in [0.25, 0.3) is 0 Å². The highest BCUT2D eigenvalue weighted by molar-refractivity contribution is 8.14. The highest BCUT2D eigenvalue weighted by atomic mass is 32.2. The number of hydrogen-bond donors (Lipinski definition) is 6. The zero-order valence-corrected chi connectivity index (χ0v) is 21.0. The highest BCUT2D eigenvalue weighted by Crippen LogP contribution is 2.34. The maximum atomic E-state index is 11.3. The summed E-state index contributed by atoms with van der Waals surface area (Å²) in [6.07, 6.45) is -5.23. The quantitative estimate of drug-likeness (QED) is 0.144. The molecule has 37 heavy (non-hydrogen) atoms. The lowest BCUT2D eigenvalue weighted by Gasteiger charge is -2.39. The summed E-state index contributed by atoms with van der Waals surface area (Å²) in [4.78, 5) is 19.6. The first kappa shape index (κ1) is 29.5. The lowest BCUT2D eigenvalue weighted by atomic mass is 9.99. The Hall–Kier alpha value is -2.08. The van der Waals surface area contributed by atoms with Crippen LogP contribution in [0.3, 0.4) is 0 Å². The van der Waals surface area contributed by atoms with Gasteiger partial charge in [0, 0.05) is 11.8 Å². The SMILES string of the molecule is C[C@]1(C(=O)O)CSC(c2ncc(OCCOCCOCCO[C@H]3OC(CO)[C@H](O)[C@@H](O)C3O)cc2O)=N1. The summed E-state index contributed by atoms with van der Waals surface area (Å²) in [5.74, 6) is -0.639. The minimum Gasteiger partial charge on any atom is -0.505 e. The Morgan fingerprint density at radius 1 is 1.11 bits per heavy atom. The molecule has 3 rings (SSSR count). The average Bonchev–Trinajstić information content (AvgIpc) is 3.28. The predicted octanol–water partition coefficient (Wildman–Crippen LogP) is -1.65. The van der Waals surface area contributed by atoms with E-state index >= 15 is 0 Å². The van der Waals surface area contributed by atoms with Crippen molar-refractivity contribution in [2.75, 3.05) is 52.0 Å². The van der Waals surface area contributed by atoms with E-state index in [9.17, 15) is 30.3 Å². The third-order valence-corrected chi connectivity index (χ3v) is 6.84. The van der Waals surface area contributed by atoms with Crippen molar-refractivity contribution in [2.24, 2.45) is 4.99 Å². The topological polar surface area (TPSA) is 210 Å². The van der Waals surface area contributed by atoms with Gasteiger partial charge >= 0.3 is 5.97 Å². The number of aliphatic imine (C=N–C) groups is 1. The van der Waals surface area contributed by atoms with Crippen LogP contribution >= 0.6 is 11.8 Å². The van der Waals surface area contributed by atoms with Gasteiger partial charge < -0.3 is 54.3 Å². The molecular formula is C22H32N2O12S. The molecule has 14 nitrogen and oxygen atoms in total. The van der Waals surface area contributed by atoms with Gasteiger partial charge in [0.25, 0.3) is 0 Å². The Labute approximate surface area is 216 Å². The molecule has 0 bridgehead atoms. The molecule has 2 aliphatic rings. The van der Waals surface area contributed by atoms with E-state index in [1.54, 1.807) is 0 Å². The minimum atomic E-state index is -1.50. The molecule has 208 valence electrons. The number of pyridine rings is 1. The van der Waals surface area contributed by atoms with Gasteiger partial charge in [-0.2, -0.15) is 0 Å². The Morgan fingerprint density at radius 3 is 2.41 bits per heavy atom. The number of hydrogen-bond acceptors (Lipinski definition) is 14. The maximum Gasteiger partial charge on any atom is 0.332 e. The monoisotopic (exact) mass is 548 g/mol. The lowest BCUT2D eigenvalue weighted by molar-refractivity contribution is -0.302. The lowest BCUT2D eigenvalue weighted by Crippen LogP contribution is -2.59. The Morgan fingerprint density at radius 2 is 1.78 bits per heavy atom. The van der Waals surface area contributed by atoms with Crippen LogP contribution in [0.15, 0.2) is 17.3 Å². The molecule has 15 heteroatoms. The second kappa shape index (κ2) is 13.6. The number of aromatic hydroxyl groups is 1. The van der Waals surface area contributed by atoms with Crippen LogP contribution in [-0.2, 0) is 23.7 Å². The molecular weight excluding hydrogens is 516 g/mol. The molecule has 0 saturated carbocycles. The molecule has 0 spiro atoms. The van der Waals surface area contributed by atoms with E-state index in [4.69, 9.17) is 28.8 Å². The molecule has 1 aromatic rings. The third kappa shape index (κ3) is 7.72. The van der Waals surface area contributed by atoms with Gasteiger partial charge in [-0.15, -0.1) is 11.8 Å². The molecule has 1 aromatic heterocycles. The summed E-state index contributed by atoms with van der Waals surface area (Å²) in [6.45, 7) is 2.12. The fraction of sp³-hybridized carbons (Fsp3) is 0.682. The Bertz CT molecular complexity index is 935. The van der Waals surface area contributed by atoms with Crippen molar-refractivity contribution in [1.82, 2.24) is 4.98 Å². The molecule has 0 aromatic carbocycles. The summed E-state index contributed by atoms with van der Waals surface area (Å²) in [5, 5.41) is 58.4. The van der Waals surface area contributed by atoms with E-state index < -0.39 is 48.8 Å². The number of aliphatic hydroxyl groups excluding tert-OH is 4. The smallest absolute Gasteiger partial charge is 0.332 e. The number of carbonyl (C=O) groups is 1. The number of aliphatic hydroxyl groups is 4. The van der Waals surface area contributed by atoms with Crippen LogP contribution in [0.5, 0.6) is 11.5 Å². The van der Waals surface area contributed by atoms with Gasteiger partial charge in [-0.1, -0.05) is 0 Å². The van der Waals surface area contributed by atoms with Crippen LogP contribution in [0.1, 0.15) is 12.6 Å². The van der Waals surface area contributed by atoms with Crippen LogP contribution < -0.4 is 4.74 Å². The summed E-state index contributed by atoms with van der Waals surface area (Å²) in [6, 6.07) is 1.38. The first-order chi connectivity index (χ1) is 17.7. The number of carboxylic acids is 1. The molecule has 0 amide bonds. The van der Waals surface area contributed by atoms with Crippen LogP contribution in [0.2, 0.25) is 0 Å². The summed E-state index contributed by atoms with van der Waals surface area (Å²) < 4.78 is 26.8. The average molecular weight is 549 g/mol. The maximum absolute atomic E-state index is 11.3. The van der Waals surface area contributed by atoms with E-state index in [1.165, 1.54) is 30.9 Å². The minimum absolute atomic E-state index is 0.0404. The second-order valence-electron chi connectivity index (χ2n) is 8.46. The molecule has 6 N–H and O–H groups in total. The first-order valence-corrected chi connectivity index (χ1v) is 12.5. The van der Waals surface area contributed by atoms with Crippen molar-refractivity contribution < 1.29 is 59.1 Å². The molecule has 0 aliphatic carbocycles. The van der Waals surface area contributed by atoms with Crippen molar-refractivity contribution in [3.05, 3.63) is 18.0 Å².